The fourth-order valence-electron chi connectivity index (χ4n) is 1.50. The Morgan fingerprint density at radius 3 is 2.67 bits per heavy atom. The Labute approximate surface area is 96.4 Å². The third-order valence-corrected chi connectivity index (χ3v) is 3.59. The van der Waals surface area contributed by atoms with E-state index < -0.39 is 0 Å². The summed E-state index contributed by atoms with van der Waals surface area (Å²) in [5.74, 6) is 1.10. The van der Waals surface area contributed by atoms with Crippen LogP contribution in [0.3, 0.4) is 0 Å². The van der Waals surface area contributed by atoms with Crippen LogP contribution in [0.5, 0.6) is 0 Å². The first-order valence-electron chi connectivity index (χ1n) is 4.58. The average molecular weight is 267 g/mol. The second kappa shape index (κ2) is 3.70. The maximum absolute atomic E-state index is 5.52. The summed E-state index contributed by atoms with van der Waals surface area (Å²) < 4.78 is 6.22. The van der Waals surface area contributed by atoms with Gasteiger partial charge in [-0.15, -0.1) is 0 Å². The number of anilines is 1. The minimum atomic E-state index is 0.404. The maximum atomic E-state index is 5.52. The number of aryl methyl sites for hydroxylation is 1. The molecule has 0 saturated heterocycles. The molecule has 0 bridgehead atoms. The summed E-state index contributed by atoms with van der Waals surface area (Å²) in [6, 6.07) is 5.77. The van der Waals surface area contributed by atoms with Crippen LogP contribution in [0.15, 0.2) is 27.2 Å². The molecule has 1 heterocycles. The lowest BCUT2D eigenvalue weighted by atomic mass is 10.0. The number of hydrogen-bond donors (Lipinski definition) is 1. The average Bonchev–Trinajstić information content (AvgIpc) is 2.61. The molecule has 0 radical (unpaired) electrons. The van der Waals surface area contributed by atoms with Crippen molar-refractivity contribution >= 4 is 21.7 Å². The minimum absolute atomic E-state index is 0.404. The fourth-order valence-corrected chi connectivity index (χ4v) is 1.85. The lowest BCUT2D eigenvalue weighted by Gasteiger charge is -2.06. The number of nitrogen functional groups attached to an aromatic ring is 1. The summed E-state index contributed by atoms with van der Waals surface area (Å²) >= 11 is 3.54. The van der Waals surface area contributed by atoms with Crippen molar-refractivity contribution < 1.29 is 4.52 Å². The van der Waals surface area contributed by atoms with Gasteiger partial charge in [0, 0.05) is 16.1 Å². The van der Waals surface area contributed by atoms with Crippen molar-refractivity contribution in [2.45, 2.75) is 13.8 Å². The van der Waals surface area contributed by atoms with E-state index in [2.05, 4.69) is 28.0 Å². The Bertz CT molecular complexity index is 505. The number of hydrogen-bond acceptors (Lipinski definition) is 3. The normalized spacial score (nSPS) is 10.6. The van der Waals surface area contributed by atoms with Crippen molar-refractivity contribution in [1.82, 2.24) is 5.16 Å². The maximum Gasteiger partial charge on any atom is 0.169 e. The third kappa shape index (κ3) is 1.77. The van der Waals surface area contributed by atoms with Gasteiger partial charge in [0.25, 0.3) is 0 Å². The van der Waals surface area contributed by atoms with Gasteiger partial charge in [-0.25, -0.2) is 0 Å². The molecule has 3 nitrogen and oxygen atoms in total. The van der Waals surface area contributed by atoms with Gasteiger partial charge in [-0.2, -0.15) is 0 Å². The largest absolute Gasteiger partial charge is 0.381 e. The predicted molar refractivity (Wildman–Crippen MR) is 63.5 cm³/mol. The first-order valence-corrected chi connectivity index (χ1v) is 5.37. The minimum Gasteiger partial charge on any atom is -0.381 e. The lowest BCUT2D eigenvalue weighted by Crippen LogP contribution is -1.86. The van der Waals surface area contributed by atoms with Crippen LogP contribution in [-0.2, 0) is 0 Å². The van der Waals surface area contributed by atoms with Crippen LogP contribution in [-0.4, -0.2) is 5.16 Å². The van der Waals surface area contributed by atoms with Gasteiger partial charge in [0.1, 0.15) is 0 Å². The van der Waals surface area contributed by atoms with Crippen LogP contribution in [0.1, 0.15) is 11.1 Å². The van der Waals surface area contributed by atoms with E-state index in [-0.39, 0.29) is 0 Å². The number of aromatic nitrogens is 1. The van der Waals surface area contributed by atoms with Crippen LogP contribution in [0.2, 0.25) is 0 Å². The van der Waals surface area contributed by atoms with Gasteiger partial charge in [-0.05, 0) is 25.0 Å². The van der Waals surface area contributed by atoms with Gasteiger partial charge in [0.05, 0.1) is 0 Å². The molecule has 0 saturated carbocycles. The fraction of sp³-hybridized carbons (Fsp3) is 0.182. The third-order valence-electron chi connectivity index (χ3n) is 2.37. The van der Waals surface area contributed by atoms with E-state index in [1.165, 1.54) is 5.56 Å². The summed E-state index contributed by atoms with van der Waals surface area (Å²) in [5, 5.41) is 3.67. The van der Waals surface area contributed by atoms with Crippen LogP contribution >= 0.6 is 15.9 Å². The molecular formula is C11H11BrN2O. The van der Waals surface area contributed by atoms with E-state index in [4.69, 9.17) is 10.3 Å². The van der Waals surface area contributed by atoms with Crippen molar-refractivity contribution in [3.05, 3.63) is 33.8 Å². The van der Waals surface area contributed by atoms with E-state index in [1.807, 2.05) is 19.1 Å². The molecule has 2 aromatic rings. The quantitative estimate of drug-likeness (QED) is 0.862. The summed E-state index contributed by atoms with van der Waals surface area (Å²) in [6.07, 6.45) is 0. The Balaban J connectivity index is 2.59. The summed E-state index contributed by atoms with van der Waals surface area (Å²) in [6.45, 7) is 4.08. The number of benzene rings is 1. The van der Waals surface area contributed by atoms with E-state index >= 15 is 0 Å². The molecule has 15 heavy (non-hydrogen) atoms. The number of nitrogens with two attached hydrogens (primary N) is 1. The topological polar surface area (TPSA) is 52.0 Å². The van der Waals surface area contributed by atoms with E-state index in [1.54, 1.807) is 6.07 Å². The van der Waals surface area contributed by atoms with Crippen molar-refractivity contribution in [2.24, 2.45) is 0 Å². The zero-order valence-corrected chi connectivity index (χ0v) is 10.1. The van der Waals surface area contributed by atoms with E-state index in [0.29, 0.717) is 11.6 Å². The smallest absolute Gasteiger partial charge is 0.169 e. The first kappa shape index (κ1) is 10.2. The highest BCUT2D eigenvalue weighted by Gasteiger charge is 2.10. The Hall–Kier alpha value is -1.29. The van der Waals surface area contributed by atoms with Gasteiger partial charge >= 0.3 is 0 Å². The van der Waals surface area contributed by atoms with Crippen molar-refractivity contribution in [2.75, 3.05) is 5.73 Å². The van der Waals surface area contributed by atoms with Gasteiger partial charge < -0.3 is 10.3 Å². The molecule has 0 spiro atoms. The molecule has 2 rings (SSSR count). The molecule has 2 N–H and O–H groups in total. The highest BCUT2D eigenvalue weighted by Crippen LogP contribution is 2.31. The van der Waals surface area contributed by atoms with Gasteiger partial charge in [-0.1, -0.05) is 33.2 Å². The van der Waals surface area contributed by atoms with Gasteiger partial charge in [0.15, 0.2) is 11.6 Å². The summed E-state index contributed by atoms with van der Waals surface area (Å²) in [7, 11) is 0. The zero-order valence-electron chi connectivity index (χ0n) is 8.54. The van der Waals surface area contributed by atoms with Crippen LogP contribution < -0.4 is 5.73 Å². The van der Waals surface area contributed by atoms with Gasteiger partial charge in [0.2, 0.25) is 0 Å². The Kier molecular flexibility index (Phi) is 2.52. The van der Waals surface area contributed by atoms with Gasteiger partial charge in [-0.3, -0.25) is 0 Å². The molecule has 0 aliphatic heterocycles. The molecular weight excluding hydrogens is 256 g/mol. The first-order chi connectivity index (χ1) is 7.09. The molecule has 1 aromatic carbocycles. The van der Waals surface area contributed by atoms with Crippen LogP contribution in [0.4, 0.5) is 5.82 Å². The molecule has 0 amide bonds. The summed E-state index contributed by atoms with van der Waals surface area (Å²) in [5.41, 5.74) is 8.86. The van der Waals surface area contributed by atoms with E-state index in [0.717, 1.165) is 15.6 Å². The molecule has 0 aliphatic rings. The second-order valence-corrected chi connectivity index (χ2v) is 4.28. The molecule has 78 valence electrons. The molecule has 4 heteroatoms. The number of nitrogens with zero attached hydrogens (tertiary/aromatic N) is 1. The van der Waals surface area contributed by atoms with E-state index in [9.17, 15) is 0 Å². The van der Waals surface area contributed by atoms with Crippen molar-refractivity contribution in [3.63, 3.8) is 0 Å². The van der Waals surface area contributed by atoms with Crippen molar-refractivity contribution in [3.8, 4) is 11.3 Å². The SMILES string of the molecule is Cc1ccc(-c2cc(N)no2)c(C)c1Br. The Morgan fingerprint density at radius 1 is 1.33 bits per heavy atom. The standard InChI is InChI=1S/C11H11BrN2O/c1-6-3-4-8(7(2)11(6)12)9-5-10(13)14-15-9/h3-5H,1-2H3,(H2,13,14). The molecule has 0 atom stereocenters. The monoisotopic (exact) mass is 266 g/mol. The highest BCUT2D eigenvalue weighted by atomic mass is 79.9. The van der Waals surface area contributed by atoms with Crippen molar-refractivity contribution in [1.29, 1.82) is 0 Å². The molecule has 0 fully saturated rings. The predicted octanol–water partition coefficient (Wildman–Crippen LogP) is 3.30. The molecule has 1 aromatic heterocycles. The lowest BCUT2D eigenvalue weighted by molar-refractivity contribution is 0.435. The number of rotatable bonds is 1. The highest BCUT2D eigenvalue weighted by molar-refractivity contribution is 9.10. The second-order valence-electron chi connectivity index (χ2n) is 3.49. The van der Waals surface area contributed by atoms with Crippen LogP contribution in [0.25, 0.3) is 11.3 Å². The molecule has 0 aliphatic carbocycles. The van der Waals surface area contributed by atoms with Crippen LogP contribution in [0, 0.1) is 13.8 Å². The molecule has 0 unspecified atom stereocenters. The summed E-state index contributed by atoms with van der Waals surface area (Å²) in [4.78, 5) is 0. The Morgan fingerprint density at radius 2 is 2.07 bits per heavy atom. The zero-order chi connectivity index (χ0) is 11.0. The number of halogens is 1.